The molecular weight excluding hydrogens is 347 g/mol. The molecule has 1 atom stereocenters. The molecular formula is C10H18HfO3. The van der Waals surface area contributed by atoms with Gasteiger partial charge in [0, 0.05) is 44.4 Å². The van der Waals surface area contributed by atoms with Gasteiger partial charge in [0.05, 0.1) is 0 Å². The van der Waals surface area contributed by atoms with Crippen molar-refractivity contribution in [2.45, 2.75) is 33.8 Å². The quantitative estimate of drug-likeness (QED) is 0.474. The normalized spacial score (nSPS) is 14.5. The minimum absolute atomic E-state index is 0. The van der Waals surface area contributed by atoms with E-state index in [1.165, 1.54) is 13.2 Å². The van der Waals surface area contributed by atoms with E-state index in [1.54, 1.807) is 27.7 Å². The number of rotatable bonds is 3. The maximum atomic E-state index is 11.4. The van der Waals surface area contributed by atoms with Crippen LogP contribution in [0.25, 0.3) is 0 Å². The van der Waals surface area contributed by atoms with Gasteiger partial charge in [-0.3, -0.25) is 4.79 Å². The molecule has 0 fully saturated rings. The van der Waals surface area contributed by atoms with Gasteiger partial charge in [0.25, 0.3) is 0 Å². The molecule has 4 heteroatoms. The summed E-state index contributed by atoms with van der Waals surface area (Å²) in [6.07, 6.45) is 0.806. The number of methoxy groups -OCH3 is 1. The third-order valence-corrected chi connectivity index (χ3v) is 1.79. The molecule has 0 aromatic heterocycles. The van der Waals surface area contributed by atoms with E-state index < -0.39 is 11.5 Å². The molecule has 1 N–H and O–H groups in total. The van der Waals surface area contributed by atoms with Crippen LogP contribution in [-0.4, -0.2) is 24.1 Å². The molecule has 0 radical (unpaired) electrons. The number of allylic oxidation sites excluding steroid dienone is 1. The molecule has 0 bridgehead atoms. The minimum atomic E-state index is -0.457. The number of hydrogen-bond acceptors (Lipinski definition) is 3. The van der Waals surface area contributed by atoms with E-state index in [0.29, 0.717) is 0 Å². The Balaban J connectivity index is 0. The molecule has 1 unspecified atom stereocenters. The van der Waals surface area contributed by atoms with E-state index in [1.807, 2.05) is 0 Å². The average molecular weight is 365 g/mol. The fourth-order valence-electron chi connectivity index (χ4n) is 0.589. The summed E-state index contributed by atoms with van der Waals surface area (Å²) in [5, 5.41) is 9.37. The van der Waals surface area contributed by atoms with E-state index in [-0.39, 0.29) is 37.4 Å². The van der Waals surface area contributed by atoms with Crippen LogP contribution >= 0.6 is 0 Å². The number of carbonyl (C=O) groups excluding carboxylic acids is 1. The largest absolute Gasteiger partial charge is 0.509 e. The molecule has 0 saturated heterocycles. The number of aliphatic hydroxyl groups excluding tert-OH is 1. The third-order valence-electron chi connectivity index (χ3n) is 1.79. The zero-order valence-corrected chi connectivity index (χ0v) is 13.0. The number of hydrogen-bond donors (Lipinski definition) is 1. The molecule has 0 aromatic rings. The minimum Gasteiger partial charge on any atom is -0.509 e. The maximum absolute atomic E-state index is 11.4. The van der Waals surface area contributed by atoms with Crippen molar-refractivity contribution in [3.05, 3.63) is 11.8 Å². The Morgan fingerprint density at radius 1 is 1.43 bits per heavy atom. The van der Waals surface area contributed by atoms with Crippen LogP contribution in [0.2, 0.25) is 0 Å². The van der Waals surface area contributed by atoms with E-state index >= 15 is 0 Å². The standard InChI is InChI=1S/C10H18O3.Hf/c1-7(13-5)8(11)6-9(12)10(2,3)4;/h6-7,11H,1-5H3;/b8-6-;. The van der Waals surface area contributed by atoms with Crippen molar-refractivity contribution in [2.75, 3.05) is 7.11 Å². The summed E-state index contributed by atoms with van der Waals surface area (Å²) in [5.74, 6) is -0.128. The SMILES string of the molecule is COC(C)/C(O)=C/C(=O)C(C)(C)C.[Hf]. The number of ether oxygens (including phenoxy) is 1. The van der Waals surface area contributed by atoms with Crippen molar-refractivity contribution >= 4 is 5.78 Å². The first-order chi connectivity index (χ1) is 5.79. The van der Waals surface area contributed by atoms with Crippen LogP contribution in [0.5, 0.6) is 0 Å². The third kappa shape index (κ3) is 5.70. The molecule has 3 nitrogen and oxygen atoms in total. The first-order valence-electron chi connectivity index (χ1n) is 4.27. The predicted octanol–water partition coefficient (Wildman–Crippen LogP) is 2.08. The van der Waals surface area contributed by atoms with Crippen LogP contribution < -0.4 is 0 Å². The zero-order chi connectivity index (χ0) is 10.6. The van der Waals surface area contributed by atoms with E-state index in [4.69, 9.17) is 4.74 Å². The smallest absolute Gasteiger partial charge is 0.164 e. The van der Waals surface area contributed by atoms with Gasteiger partial charge in [0.2, 0.25) is 0 Å². The molecule has 0 heterocycles. The summed E-state index contributed by atoms with van der Waals surface area (Å²) in [5.41, 5.74) is -0.457. The van der Waals surface area contributed by atoms with Crippen molar-refractivity contribution in [1.29, 1.82) is 0 Å². The number of ketones is 1. The molecule has 0 aliphatic heterocycles. The van der Waals surface area contributed by atoms with Gasteiger partial charge in [-0.25, -0.2) is 0 Å². The fraction of sp³-hybridized carbons (Fsp3) is 0.700. The molecule has 80 valence electrons. The van der Waals surface area contributed by atoms with Gasteiger partial charge in [-0.15, -0.1) is 0 Å². The Morgan fingerprint density at radius 2 is 1.86 bits per heavy atom. The summed E-state index contributed by atoms with van der Waals surface area (Å²) < 4.78 is 4.85. The van der Waals surface area contributed by atoms with Crippen LogP contribution in [-0.2, 0) is 35.4 Å². The van der Waals surface area contributed by atoms with Crippen LogP contribution in [0.3, 0.4) is 0 Å². The second-order valence-corrected chi connectivity index (χ2v) is 4.06. The molecule has 0 aliphatic rings. The van der Waals surface area contributed by atoms with Crippen LogP contribution in [0.15, 0.2) is 11.8 Å². The topological polar surface area (TPSA) is 46.5 Å². The van der Waals surface area contributed by atoms with Gasteiger partial charge < -0.3 is 9.84 Å². The second kappa shape index (κ2) is 6.51. The molecule has 0 amide bonds. The summed E-state index contributed by atoms with van der Waals surface area (Å²) >= 11 is 0. The average Bonchev–Trinajstić information content (AvgIpc) is 2.01. The molecule has 0 aromatic carbocycles. The van der Waals surface area contributed by atoms with Crippen LogP contribution in [0, 0.1) is 5.41 Å². The fourth-order valence-corrected chi connectivity index (χ4v) is 0.589. The second-order valence-electron chi connectivity index (χ2n) is 4.06. The first kappa shape index (κ1) is 16.5. The van der Waals surface area contributed by atoms with Crippen molar-refractivity contribution < 1.29 is 40.5 Å². The van der Waals surface area contributed by atoms with Crippen molar-refractivity contribution in [3.63, 3.8) is 0 Å². The summed E-state index contributed by atoms with van der Waals surface area (Å²) in [7, 11) is 1.48. The molecule has 14 heavy (non-hydrogen) atoms. The number of carbonyl (C=O) groups is 1. The van der Waals surface area contributed by atoms with E-state index in [9.17, 15) is 9.90 Å². The summed E-state index contributed by atoms with van der Waals surface area (Å²) in [4.78, 5) is 11.4. The Labute approximate surface area is 104 Å². The Morgan fingerprint density at radius 3 is 2.14 bits per heavy atom. The molecule has 0 aliphatic carbocycles. The van der Waals surface area contributed by atoms with E-state index in [2.05, 4.69) is 0 Å². The molecule has 0 rings (SSSR count). The maximum Gasteiger partial charge on any atom is 0.164 e. The Kier molecular flexibility index (Phi) is 7.66. The van der Waals surface area contributed by atoms with E-state index in [0.717, 1.165) is 0 Å². The summed E-state index contributed by atoms with van der Waals surface area (Å²) in [6, 6.07) is 0. The van der Waals surface area contributed by atoms with Crippen molar-refractivity contribution in [1.82, 2.24) is 0 Å². The van der Waals surface area contributed by atoms with Crippen LogP contribution in [0.1, 0.15) is 27.7 Å². The van der Waals surface area contributed by atoms with Gasteiger partial charge in [-0.1, -0.05) is 20.8 Å². The van der Waals surface area contributed by atoms with Gasteiger partial charge >= 0.3 is 0 Å². The van der Waals surface area contributed by atoms with Gasteiger partial charge in [-0.05, 0) is 6.92 Å². The summed E-state index contributed by atoms with van der Waals surface area (Å²) in [6.45, 7) is 7.09. The monoisotopic (exact) mass is 366 g/mol. The zero-order valence-electron chi connectivity index (χ0n) is 9.42. The first-order valence-corrected chi connectivity index (χ1v) is 4.27. The van der Waals surface area contributed by atoms with Crippen molar-refractivity contribution in [2.24, 2.45) is 5.41 Å². The predicted molar refractivity (Wildman–Crippen MR) is 51.6 cm³/mol. The Hall–Kier alpha value is 0.0401. The Bertz CT molecular complexity index is 216. The van der Waals surface area contributed by atoms with Crippen molar-refractivity contribution in [3.8, 4) is 0 Å². The van der Waals surface area contributed by atoms with Gasteiger partial charge in [-0.2, -0.15) is 0 Å². The van der Waals surface area contributed by atoms with Gasteiger partial charge in [0.15, 0.2) is 5.78 Å². The van der Waals surface area contributed by atoms with Gasteiger partial charge in [0.1, 0.15) is 11.9 Å². The molecule has 0 saturated carbocycles. The van der Waals surface area contributed by atoms with Crippen LogP contribution in [0.4, 0.5) is 0 Å². The molecule has 0 spiro atoms. The number of aliphatic hydroxyl groups is 1.